The van der Waals surface area contributed by atoms with Crippen molar-refractivity contribution in [3.8, 4) is 0 Å². The minimum absolute atomic E-state index is 0.892. The Morgan fingerprint density at radius 2 is 1.67 bits per heavy atom. The van der Waals surface area contributed by atoms with Gasteiger partial charge in [-0.05, 0) is 44.2 Å². The Bertz CT molecular complexity index is 83.0. The van der Waals surface area contributed by atoms with Crippen LogP contribution in [0.2, 0.25) is 0 Å². The molecule has 0 amide bonds. The Balaban J connectivity index is 0.000000561. The van der Waals surface area contributed by atoms with Gasteiger partial charge in [0.05, 0.1) is 0 Å². The lowest BCUT2D eigenvalue weighted by atomic mass is 9.89. The second-order valence-electron chi connectivity index (χ2n) is 3.82. The van der Waals surface area contributed by atoms with Gasteiger partial charge in [-0.2, -0.15) is 0 Å². The Hall–Kier alpha value is -0.0400. The molecule has 1 N–H and O–H groups in total. The predicted molar refractivity (Wildman–Crippen MR) is 56.4 cm³/mol. The van der Waals surface area contributed by atoms with E-state index in [1.807, 2.05) is 13.8 Å². The lowest BCUT2D eigenvalue weighted by molar-refractivity contribution is 0.318. The fourth-order valence-corrected chi connectivity index (χ4v) is 1.78. The molecule has 1 heterocycles. The van der Waals surface area contributed by atoms with Crippen LogP contribution in [-0.2, 0) is 0 Å². The number of piperidine rings is 1. The van der Waals surface area contributed by atoms with E-state index in [9.17, 15) is 0 Å². The SMILES string of the molecule is CC.CC(C)CC1CCNCC1. The third-order valence-corrected chi connectivity index (χ3v) is 2.26. The van der Waals surface area contributed by atoms with Gasteiger partial charge in [-0.3, -0.25) is 0 Å². The van der Waals surface area contributed by atoms with Crippen molar-refractivity contribution in [3.63, 3.8) is 0 Å². The van der Waals surface area contributed by atoms with Crippen molar-refractivity contribution in [2.45, 2.75) is 47.0 Å². The van der Waals surface area contributed by atoms with E-state index in [-0.39, 0.29) is 0 Å². The Kier molecular flexibility index (Phi) is 7.58. The molecular formula is C11H25N. The lowest BCUT2D eigenvalue weighted by Crippen LogP contribution is -2.28. The largest absolute Gasteiger partial charge is 0.317 e. The van der Waals surface area contributed by atoms with Crippen LogP contribution in [-0.4, -0.2) is 13.1 Å². The zero-order valence-corrected chi connectivity index (χ0v) is 9.19. The third kappa shape index (κ3) is 5.59. The highest BCUT2D eigenvalue weighted by atomic mass is 14.9. The number of hydrogen-bond donors (Lipinski definition) is 1. The van der Waals surface area contributed by atoms with E-state index >= 15 is 0 Å². The van der Waals surface area contributed by atoms with Crippen LogP contribution < -0.4 is 5.32 Å². The van der Waals surface area contributed by atoms with Crippen molar-refractivity contribution in [2.75, 3.05) is 13.1 Å². The van der Waals surface area contributed by atoms with Crippen LogP contribution in [0.4, 0.5) is 0 Å². The minimum Gasteiger partial charge on any atom is -0.317 e. The van der Waals surface area contributed by atoms with Crippen LogP contribution in [0.25, 0.3) is 0 Å². The first-order valence-corrected chi connectivity index (χ1v) is 5.49. The molecule has 0 aromatic rings. The summed E-state index contributed by atoms with van der Waals surface area (Å²) in [4.78, 5) is 0. The highest BCUT2D eigenvalue weighted by Gasteiger charge is 2.13. The van der Waals surface area contributed by atoms with Gasteiger partial charge in [-0.25, -0.2) is 0 Å². The summed E-state index contributed by atoms with van der Waals surface area (Å²) in [7, 11) is 0. The maximum atomic E-state index is 3.39. The summed E-state index contributed by atoms with van der Waals surface area (Å²) in [5.41, 5.74) is 0. The molecule has 0 spiro atoms. The molecular weight excluding hydrogens is 146 g/mol. The van der Waals surface area contributed by atoms with E-state index < -0.39 is 0 Å². The van der Waals surface area contributed by atoms with Crippen molar-refractivity contribution in [1.29, 1.82) is 0 Å². The van der Waals surface area contributed by atoms with Gasteiger partial charge in [0, 0.05) is 0 Å². The van der Waals surface area contributed by atoms with Gasteiger partial charge in [-0.1, -0.05) is 27.7 Å². The van der Waals surface area contributed by atoms with E-state index in [4.69, 9.17) is 0 Å². The highest BCUT2D eigenvalue weighted by Crippen LogP contribution is 2.20. The molecule has 0 aromatic heterocycles. The molecule has 0 saturated carbocycles. The average molecular weight is 171 g/mol. The van der Waals surface area contributed by atoms with E-state index in [0.717, 1.165) is 11.8 Å². The quantitative estimate of drug-likeness (QED) is 0.673. The van der Waals surface area contributed by atoms with Crippen molar-refractivity contribution in [3.05, 3.63) is 0 Å². The number of nitrogens with one attached hydrogen (secondary N) is 1. The van der Waals surface area contributed by atoms with Gasteiger partial charge in [0.1, 0.15) is 0 Å². The molecule has 12 heavy (non-hydrogen) atoms. The van der Waals surface area contributed by atoms with Crippen LogP contribution in [0.5, 0.6) is 0 Å². The van der Waals surface area contributed by atoms with Gasteiger partial charge in [0.2, 0.25) is 0 Å². The molecule has 1 nitrogen and oxygen atoms in total. The number of rotatable bonds is 2. The van der Waals surface area contributed by atoms with Gasteiger partial charge >= 0.3 is 0 Å². The van der Waals surface area contributed by atoms with E-state index in [1.165, 1.54) is 32.4 Å². The standard InChI is InChI=1S/C9H19N.C2H6/c1-8(2)7-9-3-5-10-6-4-9;1-2/h8-10H,3-7H2,1-2H3;1-2H3. The third-order valence-electron chi connectivity index (χ3n) is 2.26. The van der Waals surface area contributed by atoms with E-state index in [2.05, 4.69) is 19.2 Å². The first-order chi connectivity index (χ1) is 5.79. The Labute approximate surface area is 77.9 Å². The van der Waals surface area contributed by atoms with Crippen LogP contribution >= 0.6 is 0 Å². The molecule has 1 fully saturated rings. The molecule has 0 aliphatic carbocycles. The van der Waals surface area contributed by atoms with Gasteiger partial charge in [0.25, 0.3) is 0 Å². The van der Waals surface area contributed by atoms with Gasteiger partial charge in [0.15, 0.2) is 0 Å². The van der Waals surface area contributed by atoms with Crippen LogP contribution in [0, 0.1) is 11.8 Å². The Morgan fingerprint density at radius 1 is 1.17 bits per heavy atom. The highest BCUT2D eigenvalue weighted by molar-refractivity contribution is 4.69. The fraction of sp³-hybridized carbons (Fsp3) is 1.00. The molecule has 1 saturated heterocycles. The van der Waals surface area contributed by atoms with Crippen LogP contribution in [0.3, 0.4) is 0 Å². The fourth-order valence-electron chi connectivity index (χ4n) is 1.78. The first-order valence-electron chi connectivity index (χ1n) is 5.49. The molecule has 1 rings (SSSR count). The summed E-state index contributed by atoms with van der Waals surface area (Å²) in [5, 5.41) is 3.39. The summed E-state index contributed by atoms with van der Waals surface area (Å²) < 4.78 is 0. The normalized spacial score (nSPS) is 18.8. The van der Waals surface area contributed by atoms with E-state index in [1.54, 1.807) is 0 Å². The van der Waals surface area contributed by atoms with E-state index in [0.29, 0.717) is 0 Å². The summed E-state index contributed by atoms with van der Waals surface area (Å²) in [5.74, 6) is 1.91. The van der Waals surface area contributed by atoms with Crippen molar-refractivity contribution in [1.82, 2.24) is 5.32 Å². The van der Waals surface area contributed by atoms with Gasteiger partial charge < -0.3 is 5.32 Å². The molecule has 0 aromatic carbocycles. The summed E-state index contributed by atoms with van der Waals surface area (Å²) >= 11 is 0. The second kappa shape index (κ2) is 7.60. The topological polar surface area (TPSA) is 12.0 Å². The van der Waals surface area contributed by atoms with Crippen LogP contribution in [0.1, 0.15) is 47.0 Å². The predicted octanol–water partition coefficient (Wildman–Crippen LogP) is 3.06. The molecule has 0 atom stereocenters. The molecule has 1 aliphatic rings. The molecule has 1 heteroatoms. The summed E-state index contributed by atoms with van der Waals surface area (Å²) in [6.07, 6.45) is 4.23. The van der Waals surface area contributed by atoms with Crippen LogP contribution in [0.15, 0.2) is 0 Å². The monoisotopic (exact) mass is 171 g/mol. The maximum Gasteiger partial charge on any atom is -0.00463 e. The summed E-state index contributed by atoms with van der Waals surface area (Å²) in [6.45, 7) is 11.1. The molecule has 74 valence electrons. The minimum atomic E-state index is 0.892. The molecule has 0 unspecified atom stereocenters. The first kappa shape index (κ1) is 12.0. The molecule has 0 radical (unpaired) electrons. The van der Waals surface area contributed by atoms with Gasteiger partial charge in [-0.15, -0.1) is 0 Å². The lowest BCUT2D eigenvalue weighted by Gasteiger charge is -2.23. The van der Waals surface area contributed by atoms with Crippen molar-refractivity contribution in [2.24, 2.45) is 11.8 Å². The summed E-state index contributed by atoms with van der Waals surface area (Å²) in [6, 6.07) is 0. The maximum absolute atomic E-state index is 3.39. The second-order valence-corrected chi connectivity index (χ2v) is 3.82. The molecule has 0 bridgehead atoms. The van der Waals surface area contributed by atoms with Crippen molar-refractivity contribution < 1.29 is 0 Å². The molecule has 1 aliphatic heterocycles. The average Bonchev–Trinajstić information content (AvgIpc) is 2.08. The smallest absolute Gasteiger partial charge is 0.00463 e. The zero-order valence-electron chi connectivity index (χ0n) is 9.19. The van der Waals surface area contributed by atoms with Crippen molar-refractivity contribution >= 4 is 0 Å². The Morgan fingerprint density at radius 3 is 2.08 bits per heavy atom. The number of hydrogen-bond acceptors (Lipinski definition) is 1. The zero-order chi connectivity index (χ0) is 9.40.